The van der Waals surface area contributed by atoms with Gasteiger partial charge in [-0.2, -0.15) is 0 Å². The summed E-state index contributed by atoms with van der Waals surface area (Å²) in [5.74, 6) is -0.605. The van der Waals surface area contributed by atoms with Gasteiger partial charge in [-0.3, -0.25) is 4.79 Å². The summed E-state index contributed by atoms with van der Waals surface area (Å²) in [6, 6.07) is 0. The molecule has 0 aromatic heterocycles. The summed E-state index contributed by atoms with van der Waals surface area (Å²) >= 11 is 0. The standard InChI is InChI=1S/C13H25NO4/c1-11-10-14(5-4-12(11)13(15)16)6-9-18-8-3-7-17-2/h11-12H,3-10H2,1-2H3,(H,15,16). The molecule has 0 saturated carbocycles. The summed E-state index contributed by atoms with van der Waals surface area (Å²) in [7, 11) is 1.69. The van der Waals surface area contributed by atoms with Crippen LogP contribution in [0.1, 0.15) is 19.8 Å². The first kappa shape index (κ1) is 15.4. The highest BCUT2D eigenvalue weighted by atomic mass is 16.5. The minimum atomic E-state index is -0.655. The minimum Gasteiger partial charge on any atom is -0.481 e. The predicted molar refractivity (Wildman–Crippen MR) is 68.7 cm³/mol. The zero-order valence-corrected chi connectivity index (χ0v) is 11.4. The van der Waals surface area contributed by atoms with Crippen LogP contribution in [0.3, 0.4) is 0 Å². The topological polar surface area (TPSA) is 59.0 Å². The smallest absolute Gasteiger partial charge is 0.306 e. The van der Waals surface area contributed by atoms with Crippen LogP contribution in [-0.4, -0.2) is 62.5 Å². The summed E-state index contributed by atoms with van der Waals surface area (Å²) in [6.45, 7) is 6.82. The summed E-state index contributed by atoms with van der Waals surface area (Å²) in [5, 5.41) is 9.04. The van der Waals surface area contributed by atoms with Crippen molar-refractivity contribution in [3.05, 3.63) is 0 Å². The molecule has 1 N–H and O–H groups in total. The second-order valence-electron chi connectivity index (χ2n) is 4.97. The van der Waals surface area contributed by atoms with E-state index in [1.807, 2.05) is 6.92 Å². The van der Waals surface area contributed by atoms with Gasteiger partial charge in [-0.1, -0.05) is 6.92 Å². The Morgan fingerprint density at radius 2 is 2.17 bits per heavy atom. The van der Waals surface area contributed by atoms with E-state index in [-0.39, 0.29) is 11.8 Å². The van der Waals surface area contributed by atoms with Crippen LogP contribution in [0.25, 0.3) is 0 Å². The normalized spacial score (nSPS) is 25.2. The molecule has 0 amide bonds. The van der Waals surface area contributed by atoms with Crippen molar-refractivity contribution in [2.24, 2.45) is 11.8 Å². The molecule has 1 aliphatic rings. The molecule has 1 saturated heterocycles. The second-order valence-corrected chi connectivity index (χ2v) is 4.97. The molecular weight excluding hydrogens is 234 g/mol. The number of hydrogen-bond acceptors (Lipinski definition) is 4. The van der Waals surface area contributed by atoms with E-state index in [1.54, 1.807) is 7.11 Å². The van der Waals surface area contributed by atoms with E-state index in [1.165, 1.54) is 0 Å². The molecule has 0 spiro atoms. The largest absolute Gasteiger partial charge is 0.481 e. The van der Waals surface area contributed by atoms with Crippen LogP contribution < -0.4 is 0 Å². The van der Waals surface area contributed by atoms with Gasteiger partial charge in [0.2, 0.25) is 0 Å². The van der Waals surface area contributed by atoms with Crippen LogP contribution in [0.15, 0.2) is 0 Å². The number of likely N-dealkylation sites (tertiary alicyclic amines) is 1. The molecule has 106 valence electrons. The molecule has 5 nitrogen and oxygen atoms in total. The van der Waals surface area contributed by atoms with E-state index < -0.39 is 5.97 Å². The monoisotopic (exact) mass is 259 g/mol. The fraction of sp³-hybridized carbons (Fsp3) is 0.923. The van der Waals surface area contributed by atoms with Gasteiger partial charge in [-0.15, -0.1) is 0 Å². The van der Waals surface area contributed by atoms with Crippen molar-refractivity contribution >= 4 is 5.97 Å². The highest BCUT2D eigenvalue weighted by molar-refractivity contribution is 5.70. The first-order chi connectivity index (χ1) is 8.65. The Labute approximate surface area is 109 Å². The molecule has 5 heteroatoms. The zero-order valence-electron chi connectivity index (χ0n) is 11.4. The van der Waals surface area contributed by atoms with Crippen molar-refractivity contribution in [3.63, 3.8) is 0 Å². The summed E-state index contributed by atoms with van der Waals surface area (Å²) in [5.41, 5.74) is 0. The summed E-state index contributed by atoms with van der Waals surface area (Å²) in [6.07, 6.45) is 1.67. The van der Waals surface area contributed by atoms with Gasteiger partial charge >= 0.3 is 5.97 Å². The van der Waals surface area contributed by atoms with Crippen molar-refractivity contribution in [2.75, 3.05) is 46.6 Å². The number of aliphatic carboxylic acids is 1. The lowest BCUT2D eigenvalue weighted by Crippen LogP contribution is -2.43. The van der Waals surface area contributed by atoms with Gasteiger partial charge < -0.3 is 19.5 Å². The number of carboxylic acid groups (broad SMARTS) is 1. The molecule has 1 fully saturated rings. The van der Waals surface area contributed by atoms with Crippen molar-refractivity contribution in [1.29, 1.82) is 0 Å². The van der Waals surface area contributed by atoms with E-state index in [2.05, 4.69) is 4.90 Å². The maximum absolute atomic E-state index is 11.0. The van der Waals surface area contributed by atoms with Gasteiger partial charge in [-0.25, -0.2) is 0 Å². The van der Waals surface area contributed by atoms with Crippen molar-refractivity contribution in [1.82, 2.24) is 4.90 Å². The van der Waals surface area contributed by atoms with Crippen LogP contribution in [0.4, 0.5) is 0 Å². The quantitative estimate of drug-likeness (QED) is 0.661. The van der Waals surface area contributed by atoms with Crippen molar-refractivity contribution in [2.45, 2.75) is 19.8 Å². The maximum Gasteiger partial charge on any atom is 0.306 e. The third-order valence-electron chi connectivity index (χ3n) is 3.50. The highest BCUT2D eigenvalue weighted by Gasteiger charge is 2.30. The second kappa shape index (κ2) is 8.45. The lowest BCUT2D eigenvalue weighted by molar-refractivity contribution is -0.145. The lowest BCUT2D eigenvalue weighted by atomic mass is 9.87. The SMILES string of the molecule is COCCCOCCN1CCC(C(=O)O)C(C)C1. The van der Waals surface area contributed by atoms with Crippen LogP contribution in [0.5, 0.6) is 0 Å². The minimum absolute atomic E-state index is 0.177. The number of ether oxygens (including phenoxy) is 2. The number of piperidine rings is 1. The molecule has 2 unspecified atom stereocenters. The zero-order chi connectivity index (χ0) is 13.4. The van der Waals surface area contributed by atoms with E-state index in [9.17, 15) is 4.79 Å². The molecule has 0 aliphatic carbocycles. The third-order valence-corrected chi connectivity index (χ3v) is 3.50. The summed E-state index contributed by atoms with van der Waals surface area (Å²) in [4.78, 5) is 13.3. The van der Waals surface area contributed by atoms with Gasteiger partial charge in [0.1, 0.15) is 0 Å². The van der Waals surface area contributed by atoms with Gasteiger partial charge in [0.25, 0.3) is 0 Å². The predicted octanol–water partition coefficient (Wildman–Crippen LogP) is 1.08. The van der Waals surface area contributed by atoms with Crippen LogP contribution in [0.2, 0.25) is 0 Å². The van der Waals surface area contributed by atoms with Gasteiger partial charge in [0.15, 0.2) is 0 Å². The van der Waals surface area contributed by atoms with Crippen molar-refractivity contribution < 1.29 is 19.4 Å². The van der Waals surface area contributed by atoms with Crippen molar-refractivity contribution in [3.8, 4) is 0 Å². The number of nitrogens with zero attached hydrogens (tertiary/aromatic N) is 1. The molecule has 18 heavy (non-hydrogen) atoms. The Bertz CT molecular complexity index is 247. The number of carbonyl (C=O) groups is 1. The Morgan fingerprint density at radius 1 is 1.39 bits per heavy atom. The molecule has 1 rings (SSSR count). The third kappa shape index (κ3) is 5.33. The number of methoxy groups -OCH3 is 1. The number of hydrogen-bond donors (Lipinski definition) is 1. The fourth-order valence-electron chi connectivity index (χ4n) is 2.40. The first-order valence-corrected chi connectivity index (χ1v) is 6.67. The molecule has 2 atom stereocenters. The Kier molecular flexibility index (Phi) is 7.23. The van der Waals surface area contributed by atoms with Gasteiger partial charge in [0.05, 0.1) is 12.5 Å². The Morgan fingerprint density at radius 3 is 2.78 bits per heavy atom. The molecule has 0 radical (unpaired) electrons. The molecule has 1 aliphatic heterocycles. The molecule has 0 bridgehead atoms. The first-order valence-electron chi connectivity index (χ1n) is 6.67. The number of rotatable bonds is 8. The fourth-order valence-corrected chi connectivity index (χ4v) is 2.40. The van der Waals surface area contributed by atoms with E-state index >= 15 is 0 Å². The molecule has 0 aromatic carbocycles. The average molecular weight is 259 g/mol. The highest BCUT2D eigenvalue weighted by Crippen LogP contribution is 2.23. The van der Waals surface area contributed by atoms with Crippen LogP contribution >= 0.6 is 0 Å². The molecule has 1 heterocycles. The van der Waals surface area contributed by atoms with E-state index in [0.717, 1.165) is 45.7 Å². The summed E-state index contributed by atoms with van der Waals surface area (Å²) < 4.78 is 10.5. The van der Waals surface area contributed by atoms with Gasteiger partial charge in [0, 0.05) is 33.4 Å². The Balaban J connectivity index is 2.09. The lowest BCUT2D eigenvalue weighted by Gasteiger charge is -2.34. The number of carboxylic acids is 1. The molecular formula is C13H25NO4. The molecule has 0 aromatic rings. The van der Waals surface area contributed by atoms with Crippen LogP contribution in [0, 0.1) is 11.8 Å². The maximum atomic E-state index is 11.0. The average Bonchev–Trinajstić information content (AvgIpc) is 2.33. The van der Waals surface area contributed by atoms with Crippen LogP contribution in [-0.2, 0) is 14.3 Å². The van der Waals surface area contributed by atoms with Gasteiger partial charge in [-0.05, 0) is 25.3 Å². The van der Waals surface area contributed by atoms with E-state index in [0.29, 0.717) is 6.61 Å². The Hall–Kier alpha value is -0.650. The van der Waals surface area contributed by atoms with E-state index in [4.69, 9.17) is 14.6 Å².